The van der Waals surface area contributed by atoms with Crippen molar-refractivity contribution in [1.29, 1.82) is 0 Å². The topological polar surface area (TPSA) is 38.3 Å². The summed E-state index contributed by atoms with van der Waals surface area (Å²) in [6.45, 7) is 1.92. The van der Waals surface area contributed by atoms with Gasteiger partial charge in [-0.3, -0.25) is 0 Å². The molecule has 0 fully saturated rings. The highest BCUT2D eigenvalue weighted by molar-refractivity contribution is 6.34. The molecule has 3 nitrogen and oxygen atoms in total. The summed E-state index contributed by atoms with van der Waals surface area (Å²) in [5, 5.41) is 4.81. The first-order chi connectivity index (χ1) is 9.19. The van der Waals surface area contributed by atoms with Crippen LogP contribution in [0.1, 0.15) is 23.3 Å². The van der Waals surface area contributed by atoms with E-state index in [1.165, 1.54) is 0 Å². The van der Waals surface area contributed by atoms with Gasteiger partial charge in [0.2, 0.25) is 0 Å². The van der Waals surface area contributed by atoms with Gasteiger partial charge in [0.1, 0.15) is 23.3 Å². The fourth-order valence-corrected chi connectivity index (χ4v) is 2.44. The van der Waals surface area contributed by atoms with Crippen molar-refractivity contribution in [3.63, 3.8) is 0 Å². The van der Waals surface area contributed by atoms with Gasteiger partial charge in [-0.25, -0.2) is 0 Å². The van der Waals surface area contributed by atoms with Crippen LogP contribution < -0.4 is 5.32 Å². The van der Waals surface area contributed by atoms with Gasteiger partial charge >= 0.3 is 0 Å². The predicted octanol–water partition coefficient (Wildman–Crippen LogP) is 4.30. The Morgan fingerprint density at radius 3 is 2.58 bits per heavy atom. The minimum atomic E-state index is -0.114. The first-order valence-electron chi connectivity index (χ1n) is 6.10. The van der Waals surface area contributed by atoms with Crippen molar-refractivity contribution in [2.75, 3.05) is 7.05 Å². The number of halogens is 1. The van der Waals surface area contributed by atoms with E-state index in [1.54, 1.807) is 0 Å². The Hall–Kier alpha value is -1.71. The average molecular weight is 276 g/mol. The maximum absolute atomic E-state index is 6.13. The number of fused-ring (bicyclic) bond motifs is 1. The number of nitrogens with one attached hydrogen (secondary N) is 1. The van der Waals surface area contributed by atoms with E-state index >= 15 is 0 Å². The molecule has 3 rings (SSSR count). The van der Waals surface area contributed by atoms with Crippen molar-refractivity contribution >= 4 is 22.6 Å². The standard InChI is InChI=1S/C15H14ClNO2/c1-9-6-7-12(18-9)14(17-2)13-8-10-4-3-5-11(16)15(10)19-13/h3-8,14,17H,1-2H3. The summed E-state index contributed by atoms with van der Waals surface area (Å²) >= 11 is 6.13. The molecule has 2 heterocycles. The molecule has 1 unspecified atom stereocenters. The molecule has 0 amide bonds. The number of furan rings is 2. The molecule has 2 aromatic heterocycles. The second kappa shape index (κ2) is 4.76. The highest BCUT2D eigenvalue weighted by Crippen LogP contribution is 2.32. The van der Waals surface area contributed by atoms with Crippen LogP contribution in [0.15, 0.2) is 45.2 Å². The maximum atomic E-state index is 6.13. The molecular weight excluding hydrogens is 262 g/mol. The minimum absolute atomic E-state index is 0.114. The van der Waals surface area contributed by atoms with Crippen LogP contribution in [0.4, 0.5) is 0 Å². The SMILES string of the molecule is CNC(c1ccc(C)o1)c1cc2cccc(Cl)c2o1. The normalized spacial score (nSPS) is 13.0. The largest absolute Gasteiger partial charge is 0.464 e. The van der Waals surface area contributed by atoms with Crippen molar-refractivity contribution in [3.8, 4) is 0 Å². The molecule has 0 aliphatic rings. The second-order valence-corrected chi connectivity index (χ2v) is 4.88. The van der Waals surface area contributed by atoms with Gasteiger partial charge in [-0.2, -0.15) is 0 Å². The number of aryl methyl sites for hydroxylation is 1. The summed E-state index contributed by atoms with van der Waals surface area (Å²) in [7, 11) is 1.87. The summed E-state index contributed by atoms with van der Waals surface area (Å²) in [4.78, 5) is 0. The lowest BCUT2D eigenvalue weighted by atomic mass is 10.1. The molecule has 3 aromatic rings. The molecule has 0 aliphatic carbocycles. The van der Waals surface area contributed by atoms with Gasteiger partial charge in [-0.1, -0.05) is 23.7 Å². The number of para-hydroxylation sites is 1. The lowest BCUT2D eigenvalue weighted by molar-refractivity contribution is 0.404. The van der Waals surface area contributed by atoms with Gasteiger partial charge in [-0.05, 0) is 38.2 Å². The van der Waals surface area contributed by atoms with E-state index in [0.29, 0.717) is 10.6 Å². The molecule has 19 heavy (non-hydrogen) atoms. The summed E-state index contributed by atoms with van der Waals surface area (Å²) in [5.74, 6) is 2.50. The van der Waals surface area contributed by atoms with Crippen molar-refractivity contribution in [3.05, 3.63) is 58.7 Å². The van der Waals surface area contributed by atoms with E-state index in [2.05, 4.69) is 5.32 Å². The quantitative estimate of drug-likeness (QED) is 0.775. The zero-order valence-electron chi connectivity index (χ0n) is 10.7. The second-order valence-electron chi connectivity index (χ2n) is 4.48. The Morgan fingerprint density at radius 2 is 1.95 bits per heavy atom. The predicted molar refractivity (Wildman–Crippen MR) is 75.6 cm³/mol. The fourth-order valence-electron chi connectivity index (χ4n) is 2.22. The molecule has 0 spiro atoms. The lowest BCUT2D eigenvalue weighted by Crippen LogP contribution is -2.16. The lowest BCUT2D eigenvalue weighted by Gasteiger charge is -2.10. The third-order valence-corrected chi connectivity index (χ3v) is 3.43. The van der Waals surface area contributed by atoms with Crippen LogP contribution >= 0.6 is 11.6 Å². The molecular formula is C15H14ClNO2. The zero-order valence-corrected chi connectivity index (χ0v) is 11.5. The van der Waals surface area contributed by atoms with Crippen LogP contribution in [0.5, 0.6) is 0 Å². The van der Waals surface area contributed by atoms with E-state index in [4.69, 9.17) is 20.4 Å². The van der Waals surface area contributed by atoms with E-state index in [0.717, 1.165) is 22.7 Å². The minimum Gasteiger partial charge on any atom is -0.464 e. The number of hydrogen-bond acceptors (Lipinski definition) is 3. The fraction of sp³-hybridized carbons (Fsp3) is 0.200. The monoisotopic (exact) mass is 275 g/mol. The van der Waals surface area contributed by atoms with Gasteiger partial charge in [-0.15, -0.1) is 0 Å². The molecule has 4 heteroatoms. The van der Waals surface area contributed by atoms with Crippen molar-refractivity contribution in [2.24, 2.45) is 0 Å². The number of rotatable bonds is 3. The van der Waals surface area contributed by atoms with E-state index in [-0.39, 0.29) is 6.04 Å². The van der Waals surface area contributed by atoms with Gasteiger partial charge in [0.05, 0.1) is 5.02 Å². The van der Waals surface area contributed by atoms with Gasteiger partial charge in [0.15, 0.2) is 5.58 Å². The van der Waals surface area contributed by atoms with Crippen LogP contribution in [-0.2, 0) is 0 Å². The smallest absolute Gasteiger partial charge is 0.152 e. The van der Waals surface area contributed by atoms with Crippen molar-refractivity contribution in [1.82, 2.24) is 5.32 Å². The molecule has 1 aromatic carbocycles. The summed E-state index contributed by atoms with van der Waals surface area (Å²) < 4.78 is 11.5. The Balaban J connectivity index is 2.09. The molecule has 1 atom stereocenters. The molecule has 0 bridgehead atoms. The van der Waals surface area contributed by atoms with E-state index < -0.39 is 0 Å². The van der Waals surface area contributed by atoms with Crippen LogP contribution in [-0.4, -0.2) is 7.05 Å². The molecule has 0 saturated carbocycles. The molecule has 1 N–H and O–H groups in total. The van der Waals surface area contributed by atoms with E-state index in [1.807, 2.05) is 50.4 Å². The van der Waals surface area contributed by atoms with Gasteiger partial charge < -0.3 is 14.2 Å². The summed E-state index contributed by atoms with van der Waals surface area (Å²) in [6, 6.07) is 11.5. The van der Waals surface area contributed by atoms with Crippen LogP contribution in [0, 0.1) is 6.92 Å². The van der Waals surface area contributed by atoms with E-state index in [9.17, 15) is 0 Å². The Bertz CT molecular complexity index is 714. The van der Waals surface area contributed by atoms with Crippen molar-refractivity contribution in [2.45, 2.75) is 13.0 Å². The third-order valence-electron chi connectivity index (χ3n) is 3.13. The van der Waals surface area contributed by atoms with Gasteiger partial charge in [0, 0.05) is 5.39 Å². The maximum Gasteiger partial charge on any atom is 0.152 e. The highest BCUT2D eigenvalue weighted by Gasteiger charge is 2.20. The highest BCUT2D eigenvalue weighted by atomic mass is 35.5. The third kappa shape index (κ3) is 2.15. The zero-order chi connectivity index (χ0) is 13.4. The Labute approximate surface area is 116 Å². The van der Waals surface area contributed by atoms with Crippen LogP contribution in [0.3, 0.4) is 0 Å². The molecule has 98 valence electrons. The number of benzene rings is 1. The molecule has 0 radical (unpaired) electrons. The molecule has 0 aliphatic heterocycles. The first-order valence-corrected chi connectivity index (χ1v) is 6.48. The van der Waals surface area contributed by atoms with Crippen LogP contribution in [0.2, 0.25) is 5.02 Å². The Kier molecular flexibility index (Phi) is 3.09. The van der Waals surface area contributed by atoms with Crippen molar-refractivity contribution < 1.29 is 8.83 Å². The summed E-state index contributed by atoms with van der Waals surface area (Å²) in [5.41, 5.74) is 0.711. The average Bonchev–Trinajstić information content (AvgIpc) is 2.98. The van der Waals surface area contributed by atoms with Crippen LogP contribution in [0.25, 0.3) is 11.0 Å². The number of hydrogen-bond donors (Lipinski definition) is 1. The summed E-state index contributed by atoms with van der Waals surface area (Å²) in [6.07, 6.45) is 0. The first kappa shape index (κ1) is 12.3. The molecule has 0 saturated heterocycles. The van der Waals surface area contributed by atoms with Gasteiger partial charge in [0.25, 0.3) is 0 Å². The Morgan fingerprint density at radius 1 is 1.11 bits per heavy atom.